The molecule has 0 aromatic heterocycles. The van der Waals surface area contributed by atoms with E-state index in [1.807, 2.05) is 50.2 Å². The zero-order chi connectivity index (χ0) is 35.8. The van der Waals surface area contributed by atoms with Crippen molar-refractivity contribution >= 4 is 23.3 Å². The summed E-state index contributed by atoms with van der Waals surface area (Å²) in [7, 11) is 0. The summed E-state index contributed by atoms with van der Waals surface area (Å²) in [4.78, 5) is 26.8. The topological polar surface area (TPSA) is 199 Å². The van der Waals surface area contributed by atoms with Gasteiger partial charge in [0.05, 0.1) is 22.8 Å². The molecule has 0 spiro atoms. The second kappa shape index (κ2) is 12.0. The zero-order valence-corrected chi connectivity index (χ0v) is 26.6. The second-order valence-electron chi connectivity index (χ2n) is 12.2. The Morgan fingerprint density at radius 2 is 1.08 bits per heavy atom. The lowest BCUT2D eigenvalue weighted by atomic mass is 9.64. The molecule has 0 amide bonds. The molecule has 10 heteroatoms. The van der Waals surface area contributed by atoms with E-state index in [-0.39, 0.29) is 24.2 Å². The monoisotopic (exact) mass is 640 g/mol. The van der Waals surface area contributed by atoms with Gasteiger partial charge in [0.25, 0.3) is 0 Å². The van der Waals surface area contributed by atoms with Crippen LogP contribution in [0.3, 0.4) is 0 Å². The quantitative estimate of drug-likeness (QED) is 0.103. The molecule has 0 fully saturated rings. The molecule has 0 saturated heterocycles. The Kier molecular flexibility index (Phi) is 7.40. The summed E-state index contributed by atoms with van der Waals surface area (Å²) in [6.07, 6.45) is 0.892. The van der Waals surface area contributed by atoms with Gasteiger partial charge in [0.2, 0.25) is 2.82 Å². The molecule has 10 nitrogen and oxygen atoms in total. The van der Waals surface area contributed by atoms with Crippen LogP contribution in [0.2, 0.25) is 2.82 Å². The Bertz CT molecular complexity index is 2030. The number of carboxylic acid groups (broad SMARTS) is 2. The fourth-order valence-electron chi connectivity index (χ4n) is 7.61. The first-order valence-electron chi connectivity index (χ1n) is 16.6. The summed E-state index contributed by atoms with van der Waals surface area (Å²) < 4.78 is 14.7. The first-order valence-corrected chi connectivity index (χ1v) is 15.7. The van der Waals surface area contributed by atoms with Crippen LogP contribution in [0, 0.1) is 11.0 Å². The Labute approximate surface area is 280 Å². The van der Waals surface area contributed by atoms with E-state index in [0.29, 0.717) is 57.6 Å². The molecule has 48 heavy (non-hydrogen) atoms. The zero-order valence-electron chi connectivity index (χ0n) is 28.6. The van der Waals surface area contributed by atoms with E-state index in [1.54, 1.807) is 48.5 Å². The summed E-state index contributed by atoms with van der Waals surface area (Å²) in [6, 6.07) is 25.6. The number of hydrogen-bond acceptors (Lipinski definition) is 8. The van der Waals surface area contributed by atoms with Crippen LogP contribution in [0.25, 0.3) is 22.5 Å². The maximum absolute atomic E-state index is 13.4. The number of nitrogens with one attached hydrogen (secondary N) is 2. The third kappa shape index (κ3) is 4.55. The SMILES string of the molecule is [H]/N=N/C1=C(N)c2ccccc2C(C(=O)O)(c2ccc(-c3ccc(C4(C(=O)O)CC(/N=N/[H])=C(N)c5ccccc54)c(CC)c3)cc2CC)C1. The molecule has 0 saturated carbocycles. The van der Waals surface area contributed by atoms with Crippen LogP contribution in [0.4, 0.5) is 0 Å². The van der Waals surface area contributed by atoms with Crippen LogP contribution in [-0.2, 0) is 33.3 Å². The Balaban J connectivity index is 1.51. The molecule has 4 aromatic carbocycles. The van der Waals surface area contributed by atoms with Crippen molar-refractivity contribution in [2.45, 2.75) is 50.4 Å². The molecule has 8 N–H and O–H groups in total. The molecule has 242 valence electrons. The molecule has 0 bridgehead atoms. The van der Waals surface area contributed by atoms with Gasteiger partial charge < -0.3 is 21.7 Å². The van der Waals surface area contributed by atoms with Crippen LogP contribution in [0.1, 0.15) is 71.2 Å². The maximum Gasteiger partial charge on any atom is 0.319 e. The van der Waals surface area contributed by atoms with Gasteiger partial charge in [-0.2, -0.15) is 10.2 Å². The van der Waals surface area contributed by atoms with Crippen molar-refractivity contribution in [1.82, 2.24) is 0 Å². The lowest BCUT2D eigenvalue weighted by Crippen LogP contribution is -2.42. The number of carboxylic acids is 2. The summed E-state index contributed by atoms with van der Waals surface area (Å²) in [6.45, 7) is 3.93. The smallest absolute Gasteiger partial charge is 0.319 e. The van der Waals surface area contributed by atoms with Gasteiger partial charge in [-0.3, -0.25) is 9.59 Å². The largest absolute Gasteiger partial charge is 0.480 e. The molecule has 2 aliphatic rings. The summed E-state index contributed by atoms with van der Waals surface area (Å²) in [5, 5.41) is 29.7. The third-order valence-corrected chi connectivity index (χ3v) is 10.0. The van der Waals surface area contributed by atoms with Gasteiger partial charge in [-0.15, -0.1) is 0 Å². The van der Waals surface area contributed by atoms with Crippen LogP contribution in [0.15, 0.2) is 107 Å². The van der Waals surface area contributed by atoms with Gasteiger partial charge >= 0.3 is 11.9 Å². The molecule has 2 atom stereocenters. The average molecular weight is 641 g/mol. The predicted molar refractivity (Wildman–Crippen MR) is 182 cm³/mol. The van der Waals surface area contributed by atoms with E-state index in [9.17, 15) is 19.8 Å². The van der Waals surface area contributed by atoms with E-state index >= 15 is 0 Å². The number of carbonyl (C=O) groups is 2. The van der Waals surface area contributed by atoms with Crippen molar-refractivity contribution in [3.05, 3.63) is 141 Å². The fourth-order valence-corrected chi connectivity index (χ4v) is 7.61. The lowest BCUT2D eigenvalue weighted by molar-refractivity contribution is -0.143. The van der Waals surface area contributed by atoms with Gasteiger partial charge in [-0.05, 0) is 57.3 Å². The maximum atomic E-state index is 13.4. The second-order valence-corrected chi connectivity index (χ2v) is 12.2. The minimum Gasteiger partial charge on any atom is -0.480 e. The first kappa shape index (κ1) is 29.5. The highest BCUT2D eigenvalue weighted by molar-refractivity contribution is 5.94. The predicted octanol–water partition coefficient (Wildman–Crippen LogP) is 7.34. The number of nitrogens with zero attached hydrogens (tertiary/aromatic N) is 2. The van der Waals surface area contributed by atoms with Crippen molar-refractivity contribution in [3.8, 4) is 11.1 Å². The van der Waals surface area contributed by atoms with E-state index in [2.05, 4.69) is 21.3 Å². The standard InChI is InChI=1S/C38H36N6O4/c1-3-21-17-23(13-15-27(21)37(35(45)46)19-31(43-41)33(39)25-9-5-7-11-29(25)37)24-14-16-28(22(4-2)18-24)38(36(47)48)20-32(44-42)34(40)26-10-6-8-12-30(26)38/h5-18,41-42H,3-4,19-20,39-40H2,1-2H3,(H,45,46)(H,47,48)/b43-41+,44-42+. The third-order valence-electron chi connectivity index (χ3n) is 10.0. The fraction of sp³-hybridized carbons (Fsp3) is 0.211. The number of benzene rings is 4. The van der Waals surface area contributed by atoms with E-state index in [4.69, 9.17) is 14.3 Å². The number of allylic oxidation sites excluding steroid dienone is 2. The summed E-state index contributed by atoms with van der Waals surface area (Å²) in [5.74, 6) is -2.14. The highest BCUT2D eigenvalue weighted by Gasteiger charge is 2.50. The Hall–Kier alpha value is -5.90. The van der Waals surface area contributed by atoms with Gasteiger partial charge in [0.15, 0.2) is 0 Å². The molecular formula is C38H36N6O4. The average Bonchev–Trinajstić information content (AvgIpc) is 3.13. The molecule has 0 radical (unpaired) electrons. The molecule has 2 unspecified atom stereocenters. The molecule has 0 heterocycles. The first-order chi connectivity index (χ1) is 24.1. The summed E-state index contributed by atoms with van der Waals surface area (Å²) >= 11 is 0. The highest BCUT2D eigenvalue weighted by atomic mass is 16.4. The molecular weight excluding hydrogens is 604 g/mol. The number of aryl methyl sites for hydroxylation is 2. The van der Waals surface area contributed by atoms with Gasteiger partial charge in [0.1, 0.15) is 10.8 Å². The van der Waals surface area contributed by atoms with Crippen LogP contribution in [0.5, 0.6) is 0 Å². The minimum atomic E-state index is -1.53. The van der Waals surface area contributed by atoms with Gasteiger partial charge in [-0.25, -0.2) is 11.0 Å². The molecule has 4 aromatic rings. The van der Waals surface area contributed by atoms with Crippen LogP contribution >= 0.6 is 0 Å². The van der Waals surface area contributed by atoms with Gasteiger partial charge in [-0.1, -0.05) is 98.8 Å². The van der Waals surface area contributed by atoms with E-state index in [0.717, 1.165) is 22.3 Å². The molecule has 0 aliphatic heterocycles. The number of rotatable bonds is 9. The highest BCUT2D eigenvalue weighted by Crippen LogP contribution is 2.50. The number of hydrogen-bond donors (Lipinski definition) is 6. The van der Waals surface area contributed by atoms with E-state index < -0.39 is 22.8 Å². The Morgan fingerprint density at radius 3 is 1.44 bits per heavy atom. The van der Waals surface area contributed by atoms with Crippen molar-refractivity contribution in [2.75, 3.05) is 0 Å². The van der Waals surface area contributed by atoms with Crippen LogP contribution < -0.4 is 11.5 Å². The van der Waals surface area contributed by atoms with Crippen LogP contribution in [-0.4, -0.2) is 22.2 Å². The summed E-state index contributed by atoms with van der Waals surface area (Å²) in [5.41, 5.74) is 23.8. The van der Waals surface area contributed by atoms with Crippen molar-refractivity contribution < 1.29 is 22.6 Å². The van der Waals surface area contributed by atoms with Crippen molar-refractivity contribution in [1.29, 1.82) is 11.0 Å². The number of fused-ring (bicyclic) bond motifs is 2. The van der Waals surface area contributed by atoms with Crippen molar-refractivity contribution in [2.24, 2.45) is 21.7 Å². The number of nitrogens with two attached hydrogens (primary N) is 2. The normalized spacial score (nSPS) is 21.2. The molecule has 2 aliphatic carbocycles. The van der Waals surface area contributed by atoms with Gasteiger partial charge in [0, 0.05) is 24.0 Å². The number of aliphatic carboxylic acids is 2. The lowest BCUT2D eigenvalue weighted by Gasteiger charge is -2.38. The Morgan fingerprint density at radius 1 is 0.688 bits per heavy atom. The molecule has 6 rings (SSSR count). The van der Waals surface area contributed by atoms with E-state index in [1.165, 1.54) is 0 Å². The minimum absolute atomic E-state index is 0.0753. The van der Waals surface area contributed by atoms with Crippen molar-refractivity contribution in [3.63, 3.8) is 0 Å².